The molecule has 0 saturated heterocycles. The lowest BCUT2D eigenvalue weighted by molar-refractivity contribution is -0.146. The summed E-state index contributed by atoms with van der Waals surface area (Å²) in [6.07, 6.45) is 2.14. The van der Waals surface area contributed by atoms with Crippen molar-refractivity contribution in [2.45, 2.75) is 46.2 Å². The molecule has 3 unspecified atom stereocenters. The van der Waals surface area contributed by atoms with Crippen LogP contribution in [0.3, 0.4) is 0 Å². The largest absolute Gasteiger partial charge is 0.460 e. The highest BCUT2D eigenvalue weighted by Gasteiger charge is 2.22. The third-order valence-electron chi connectivity index (χ3n) is 2.87. The maximum absolute atomic E-state index is 11.8. The molecule has 0 fully saturated rings. The van der Waals surface area contributed by atoms with Crippen LogP contribution in [0.2, 0.25) is 0 Å². The first-order valence-electron chi connectivity index (χ1n) is 6.71. The smallest absolute Gasteiger partial charge is 0.328 e. The zero-order valence-corrected chi connectivity index (χ0v) is 12.6. The highest BCUT2D eigenvalue weighted by atomic mass is 16.5. The molecule has 0 rings (SSSR count). The van der Waals surface area contributed by atoms with Crippen molar-refractivity contribution in [2.24, 2.45) is 5.92 Å². The SMILES string of the molecule is C=CCOC(=O)C(C)NC(=O)C(C)NC(=O)C(C)CC. The quantitative estimate of drug-likeness (QED) is 0.509. The molecule has 20 heavy (non-hydrogen) atoms. The molecular formula is C14H24N2O4. The topological polar surface area (TPSA) is 84.5 Å². The standard InChI is InChI=1S/C14H24N2O4/c1-6-8-20-14(19)11(5)16-13(18)10(4)15-12(17)9(3)7-2/h6,9-11H,1,7-8H2,2-5H3,(H,15,17)(H,16,18). The second-order valence-corrected chi connectivity index (χ2v) is 4.69. The van der Waals surface area contributed by atoms with Gasteiger partial charge >= 0.3 is 5.97 Å². The Labute approximate surface area is 119 Å². The van der Waals surface area contributed by atoms with Crippen LogP contribution in [0.25, 0.3) is 0 Å². The predicted octanol–water partition coefficient (Wildman–Crippen LogP) is 0.771. The van der Waals surface area contributed by atoms with Gasteiger partial charge in [-0.05, 0) is 20.3 Å². The summed E-state index contributed by atoms with van der Waals surface area (Å²) in [5.41, 5.74) is 0. The van der Waals surface area contributed by atoms with E-state index in [2.05, 4.69) is 17.2 Å². The first kappa shape index (κ1) is 18.1. The van der Waals surface area contributed by atoms with E-state index >= 15 is 0 Å². The summed E-state index contributed by atoms with van der Waals surface area (Å²) in [6.45, 7) is 10.3. The summed E-state index contributed by atoms with van der Waals surface area (Å²) >= 11 is 0. The van der Waals surface area contributed by atoms with Crippen LogP contribution < -0.4 is 10.6 Å². The Kier molecular flexibility index (Phi) is 8.27. The van der Waals surface area contributed by atoms with Gasteiger partial charge in [0.15, 0.2) is 0 Å². The van der Waals surface area contributed by atoms with E-state index in [4.69, 9.17) is 4.74 Å². The van der Waals surface area contributed by atoms with Crippen LogP contribution in [-0.2, 0) is 19.1 Å². The number of carbonyl (C=O) groups is 3. The van der Waals surface area contributed by atoms with E-state index in [0.717, 1.165) is 0 Å². The molecule has 6 nitrogen and oxygen atoms in total. The molecule has 2 N–H and O–H groups in total. The van der Waals surface area contributed by atoms with Crippen molar-refractivity contribution in [3.05, 3.63) is 12.7 Å². The van der Waals surface area contributed by atoms with Gasteiger partial charge in [-0.1, -0.05) is 26.5 Å². The zero-order chi connectivity index (χ0) is 15.7. The number of hydrogen-bond donors (Lipinski definition) is 2. The molecule has 0 aromatic heterocycles. The molecule has 0 radical (unpaired) electrons. The van der Waals surface area contributed by atoms with E-state index in [1.807, 2.05) is 6.92 Å². The summed E-state index contributed by atoms with van der Waals surface area (Å²) in [5.74, 6) is -1.30. The third kappa shape index (κ3) is 6.36. The maximum atomic E-state index is 11.8. The Bertz CT molecular complexity index is 368. The monoisotopic (exact) mass is 284 g/mol. The van der Waals surface area contributed by atoms with Crippen LogP contribution in [-0.4, -0.2) is 36.5 Å². The number of esters is 1. The Morgan fingerprint density at radius 2 is 1.65 bits per heavy atom. The van der Waals surface area contributed by atoms with Crippen molar-refractivity contribution in [1.82, 2.24) is 10.6 Å². The van der Waals surface area contributed by atoms with Crippen LogP contribution in [0, 0.1) is 5.92 Å². The molecule has 6 heteroatoms. The number of nitrogens with one attached hydrogen (secondary N) is 2. The molecule has 114 valence electrons. The van der Waals surface area contributed by atoms with E-state index < -0.39 is 24.0 Å². The highest BCUT2D eigenvalue weighted by molar-refractivity contribution is 5.90. The minimum atomic E-state index is -0.773. The molecule has 0 spiro atoms. The molecule has 0 aliphatic carbocycles. The van der Waals surface area contributed by atoms with Crippen LogP contribution in [0.4, 0.5) is 0 Å². The van der Waals surface area contributed by atoms with Gasteiger partial charge in [-0.25, -0.2) is 4.79 Å². The van der Waals surface area contributed by atoms with E-state index in [1.165, 1.54) is 13.0 Å². The average Bonchev–Trinajstić information content (AvgIpc) is 2.43. The highest BCUT2D eigenvalue weighted by Crippen LogP contribution is 2.01. The lowest BCUT2D eigenvalue weighted by Crippen LogP contribution is -2.50. The lowest BCUT2D eigenvalue weighted by Gasteiger charge is -2.19. The molecular weight excluding hydrogens is 260 g/mol. The van der Waals surface area contributed by atoms with Gasteiger partial charge in [0.25, 0.3) is 0 Å². The molecule has 0 aromatic rings. The maximum Gasteiger partial charge on any atom is 0.328 e. The first-order chi connectivity index (χ1) is 9.33. The zero-order valence-electron chi connectivity index (χ0n) is 12.6. The van der Waals surface area contributed by atoms with E-state index in [9.17, 15) is 14.4 Å². The third-order valence-corrected chi connectivity index (χ3v) is 2.87. The van der Waals surface area contributed by atoms with Gasteiger partial charge in [-0.2, -0.15) is 0 Å². The summed E-state index contributed by atoms with van der Waals surface area (Å²) < 4.78 is 4.81. The van der Waals surface area contributed by atoms with Crippen LogP contribution >= 0.6 is 0 Å². The van der Waals surface area contributed by atoms with Gasteiger partial charge in [-0.15, -0.1) is 0 Å². The second-order valence-electron chi connectivity index (χ2n) is 4.69. The Morgan fingerprint density at radius 3 is 2.15 bits per heavy atom. The number of amides is 2. The van der Waals surface area contributed by atoms with Crippen LogP contribution in [0.5, 0.6) is 0 Å². The van der Waals surface area contributed by atoms with Crippen molar-refractivity contribution in [3.8, 4) is 0 Å². The van der Waals surface area contributed by atoms with E-state index in [0.29, 0.717) is 6.42 Å². The lowest BCUT2D eigenvalue weighted by atomic mass is 10.1. The Morgan fingerprint density at radius 1 is 1.10 bits per heavy atom. The summed E-state index contributed by atoms with van der Waals surface area (Å²) in [5, 5.41) is 5.09. The first-order valence-corrected chi connectivity index (χ1v) is 6.71. The summed E-state index contributed by atoms with van der Waals surface area (Å²) in [6, 6.07) is -1.48. The van der Waals surface area contributed by atoms with Gasteiger partial charge in [0.05, 0.1) is 0 Å². The van der Waals surface area contributed by atoms with Crippen molar-refractivity contribution in [3.63, 3.8) is 0 Å². The fourth-order valence-corrected chi connectivity index (χ4v) is 1.27. The molecule has 0 aliphatic rings. The second kappa shape index (κ2) is 9.12. The van der Waals surface area contributed by atoms with Gasteiger partial charge in [0, 0.05) is 5.92 Å². The van der Waals surface area contributed by atoms with Gasteiger partial charge in [0.1, 0.15) is 18.7 Å². The van der Waals surface area contributed by atoms with Crippen molar-refractivity contribution < 1.29 is 19.1 Å². The van der Waals surface area contributed by atoms with Crippen LogP contribution in [0.1, 0.15) is 34.1 Å². The summed E-state index contributed by atoms with van der Waals surface area (Å²) in [7, 11) is 0. The minimum absolute atomic E-state index is 0.0966. The van der Waals surface area contributed by atoms with Gasteiger partial charge < -0.3 is 15.4 Å². The normalized spacial score (nSPS) is 14.6. The molecule has 3 atom stereocenters. The molecule has 0 bridgehead atoms. The average molecular weight is 284 g/mol. The molecule has 2 amide bonds. The number of hydrogen-bond acceptors (Lipinski definition) is 4. The number of ether oxygens (including phenoxy) is 1. The van der Waals surface area contributed by atoms with Crippen molar-refractivity contribution >= 4 is 17.8 Å². The molecule has 0 saturated carbocycles. The minimum Gasteiger partial charge on any atom is -0.460 e. The van der Waals surface area contributed by atoms with Gasteiger partial charge in [0.2, 0.25) is 11.8 Å². The van der Waals surface area contributed by atoms with Crippen molar-refractivity contribution in [2.75, 3.05) is 6.61 Å². The molecule has 0 aromatic carbocycles. The van der Waals surface area contributed by atoms with E-state index in [-0.39, 0.29) is 18.4 Å². The molecule has 0 heterocycles. The Balaban J connectivity index is 4.28. The predicted molar refractivity (Wildman–Crippen MR) is 75.8 cm³/mol. The van der Waals surface area contributed by atoms with Crippen LogP contribution in [0.15, 0.2) is 12.7 Å². The fraction of sp³-hybridized carbons (Fsp3) is 0.643. The number of rotatable bonds is 8. The van der Waals surface area contributed by atoms with E-state index in [1.54, 1.807) is 13.8 Å². The fourth-order valence-electron chi connectivity index (χ4n) is 1.27. The van der Waals surface area contributed by atoms with Gasteiger partial charge in [-0.3, -0.25) is 9.59 Å². The Hall–Kier alpha value is -1.85. The molecule has 0 aliphatic heterocycles. The van der Waals surface area contributed by atoms with Crippen molar-refractivity contribution in [1.29, 1.82) is 0 Å². The summed E-state index contributed by atoms with van der Waals surface area (Å²) in [4.78, 5) is 34.9. The number of carbonyl (C=O) groups excluding carboxylic acids is 3.